The van der Waals surface area contributed by atoms with Crippen molar-refractivity contribution in [3.63, 3.8) is 0 Å². The molecule has 0 spiro atoms. The van der Waals surface area contributed by atoms with Gasteiger partial charge in [-0.1, -0.05) is 35.3 Å². The molecule has 13 heteroatoms. The van der Waals surface area contributed by atoms with Crippen molar-refractivity contribution in [2.24, 2.45) is 0 Å². The number of ether oxygens (including phenoxy) is 1. The first-order chi connectivity index (χ1) is 16.5. The number of rotatable bonds is 5. The van der Waals surface area contributed by atoms with Gasteiger partial charge in [0.05, 0.1) is 48.3 Å². The van der Waals surface area contributed by atoms with E-state index in [1.807, 2.05) is 18.2 Å². The first kappa shape index (κ1) is 21.6. The average Bonchev–Trinajstić information content (AvgIpc) is 3.48. The van der Waals surface area contributed by atoms with E-state index in [1.54, 1.807) is 29.8 Å². The van der Waals surface area contributed by atoms with E-state index in [2.05, 4.69) is 35.9 Å². The van der Waals surface area contributed by atoms with Crippen LogP contribution >= 0.6 is 23.2 Å². The van der Waals surface area contributed by atoms with Gasteiger partial charge in [-0.25, -0.2) is 19.3 Å². The summed E-state index contributed by atoms with van der Waals surface area (Å²) in [6.45, 7) is 0. The van der Waals surface area contributed by atoms with E-state index in [9.17, 15) is 4.79 Å². The Morgan fingerprint density at radius 2 is 1.82 bits per heavy atom. The van der Waals surface area contributed by atoms with Crippen molar-refractivity contribution in [1.29, 1.82) is 0 Å². The topological polar surface area (TPSA) is 124 Å². The number of fused-ring (bicyclic) bond motifs is 1. The fraction of sp³-hybridized carbons (Fsp3) is 0.0476. The number of carbonyl (C=O) groups is 1. The van der Waals surface area contributed by atoms with Gasteiger partial charge in [-0.3, -0.25) is 0 Å². The number of hydrogen-bond donors (Lipinski definition) is 2. The molecule has 5 rings (SSSR count). The Labute approximate surface area is 202 Å². The van der Waals surface area contributed by atoms with Gasteiger partial charge in [0, 0.05) is 11.6 Å². The molecule has 2 N–H and O–H groups in total. The van der Waals surface area contributed by atoms with Crippen LogP contribution in [0.4, 0.5) is 16.2 Å². The van der Waals surface area contributed by atoms with Crippen molar-refractivity contribution in [2.75, 3.05) is 17.7 Å². The number of pyridine rings is 1. The normalized spacial score (nSPS) is 10.9. The van der Waals surface area contributed by atoms with Crippen molar-refractivity contribution in [2.45, 2.75) is 0 Å². The van der Waals surface area contributed by atoms with E-state index in [0.717, 1.165) is 0 Å². The number of urea groups is 1. The van der Waals surface area contributed by atoms with Gasteiger partial charge < -0.3 is 15.4 Å². The number of nitrogens with zero attached hydrogens (tertiary/aromatic N) is 7. The van der Waals surface area contributed by atoms with Crippen LogP contribution in [0.2, 0.25) is 10.2 Å². The third-order valence-electron chi connectivity index (χ3n) is 4.75. The molecule has 2 amide bonds. The Morgan fingerprint density at radius 3 is 2.59 bits per heavy atom. The molecule has 0 radical (unpaired) electrons. The number of carbonyl (C=O) groups excluding carboxylic acids is 1. The summed E-state index contributed by atoms with van der Waals surface area (Å²) in [5.74, 6) is 0.921. The molecule has 0 saturated heterocycles. The van der Waals surface area contributed by atoms with Crippen LogP contribution in [0, 0.1) is 0 Å². The number of aromatic nitrogens is 7. The zero-order valence-electron chi connectivity index (χ0n) is 17.5. The maximum absolute atomic E-state index is 12.8. The number of hydrogen-bond acceptors (Lipinski definition) is 7. The Morgan fingerprint density at radius 1 is 1.03 bits per heavy atom. The van der Waals surface area contributed by atoms with Gasteiger partial charge in [0.2, 0.25) is 0 Å². The number of anilines is 2. The maximum atomic E-state index is 12.8. The summed E-state index contributed by atoms with van der Waals surface area (Å²) >= 11 is 12.4. The Hall–Kier alpha value is -4.22. The van der Waals surface area contributed by atoms with E-state index in [4.69, 9.17) is 27.9 Å². The van der Waals surface area contributed by atoms with Crippen LogP contribution in [0.15, 0.2) is 61.2 Å². The van der Waals surface area contributed by atoms with Gasteiger partial charge >= 0.3 is 6.03 Å². The predicted octanol–water partition coefficient (Wildman–Crippen LogP) is 4.33. The number of para-hydroxylation sites is 1. The van der Waals surface area contributed by atoms with E-state index in [1.165, 1.54) is 29.6 Å². The molecular weight excluding hydrogens is 481 g/mol. The second-order valence-corrected chi connectivity index (χ2v) is 7.68. The number of benzene rings is 1. The lowest BCUT2D eigenvalue weighted by molar-refractivity contribution is 0.262. The lowest BCUT2D eigenvalue weighted by Gasteiger charge is -2.15. The summed E-state index contributed by atoms with van der Waals surface area (Å²) < 4.78 is 7.05. The minimum Gasteiger partial charge on any atom is -0.496 e. The van der Waals surface area contributed by atoms with Crippen molar-refractivity contribution >= 4 is 46.3 Å². The molecule has 0 atom stereocenters. The van der Waals surface area contributed by atoms with Gasteiger partial charge in [-0.15, -0.1) is 4.80 Å². The van der Waals surface area contributed by atoms with Crippen molar-refractivity contribution in [1.82, 2.24) is 34.6 Å². The van der Waals surface area contributed by atoms with Crippen LogP contribution in [-0.4, -0.2) is 47.7 Å². The van der Waals surface area contributed by atoms with Gasteiger partial charge in [-0.2, -0.15) is 15.3 Å². The van der Waals surface area contributed by atoms with E-state index in [-0.39, 0.29) is 10.2 Å². The van der Waals surface area contributed by atoms with Crippen molar-refractivity contribution in [3.05, 3.63) is 71.4 Å². The molecule has 0 bridgehead atoms. The largest absolute Gasteiger partial charge is 0.496 e. The molecular formula is C21H15Cl2N9O2. The number of amides is 2. The standard InChI is InChI=1S/C21H15Cl2N9O2/c1-34-16-5-3-2-4-13(16)19-15(11-24-18-9-17(23)30-31(18)19)29-21(33)28-12-8-14(22)20(25-10-12)32-26-6-7-27-32/h2-11H,1H3,(H2,28,29,33). The van der Waals surface area contributed by atoms with Crippen LogP contribution < -0.4 is 15.4 Å². The summed E-state index contributed by atoms with van der Waals surface area (Å²) in [6.07, 6.45) is 5.98. The average molecular weight is 496 g/mol. The first-order valence-corrected chi connectivity index (χ1v) is 10.6. The van der Waals surface area contributed by atoms with Crippen molar-refractivity contribution < 1.29 is 9.53 Å². The number of halogens is 2. The lowest BCUT2D eigenvalue weighted by atomic mass is 10.1. The Balaban J connectivity index is 1.47. The summed E-state index contributed by atoms with van der Waals surface area (Å²) in [6, 6.07) is 9.96. The van der Waals surface area contributed by atoms with Crippen LogP contribution in [-0.2, 0) is 0 Å². The highest BCUT2D eigenvalue weighted by molar-refractivity contribution is 6.32. The predicted molar refractivity (Wildman–Crippen MR) is 127 cm³/mol. The van der Waals surface area contributed by atoms with Gasteiger partial charge in [0.25, 0.3) is 0 Å². The quantitative estimate of drug-likeness (QED) is 0.371. The highest BCUT2D eigenvalue weighted by atomic mass is 35.5. The fourth-order valence-electron chi connectivity index (χ4n) is 3.35. The molecule has 11 nitrogen and oxygen atoms in total. The van der Waals surface area contributed by atoms with Gasteiger partial charge in [0.1, 0.15) is 11.4 Å². The molecule has 0 saturated carbocycles. The van der Waals surface area contributed by atoms with Crippen LogP contribution in [0.25, 0.3) is 22.7 Å². The van der Waals surface area contributed by atoms with Crippen LogP contribution in [0.5, 0.6) is 5.75 Å². The molecule has 1 aromatic carbocycles. The molecule has 170 valence electrons. The Kier molecular flexibility index (Phi) is 5.70. The highest BCUT2D eigenvalue weighted by Crippen LogP contribution is 2.35. The van der Waals surface area contributed by atoms with E-state index >= 15 is 0 Å². The summed E-state index contributed by atoms with van der Waals surface area (Å²) in [7, 11) is 1.56. The highest BCUT2D eigenvalue weighted by Gasteiger charge is 2.19. The molecule has 0 aliphatic carbocycles. The zero-order valence-corrected chi connectivity index (χ0v) is 19.0. The molecule has 34 heavy (non-hydrogen) atoms. The number of methoxy groups -OCH3 is 1. The van der Waals surface area contributed by atoms with E-state index < -0.39 is 6.03 Å². The molecule has 0 fully saturated rings. The lowest BCUT2D eigenvalue weighted by Crippen LogP contribution is -2.21. The second-order valence-electron chi connectivity index (χ2n) is 6.88. The van der Waals surface area contributed by atoms with Gasteiger partial charge in [0.15, 0.2) is 16.6 Å². The monoisotopic (exact) mass is 495 g/mol. The summed E-state index contributed by atoms with van der Waals surface area (Å²) in [5.41, 5.74) is 2.49. The summed E-state index contributed by atoms with van der Waals surface area (Å²) in [4.78, 5) is 22.7. The molecule has 5 aromatic rings. The van der Waals surface area contributed by atoms with Crippen LogP contribution in [0.1, 0.15) is 0 Å². The van der Waals surface area contributed by atoms with E-state index in [0.29, 0.717) is 39.8 Å². The molecule has 0 aliphatic rings. The first-order valence-electron chi connectivity index (χ1n) is 9.81. The molecule has 0 aliphatic heterocycles. The minimum atomic E-state index is -0.543. The fourth-order valence-corrected chi connectivity index (χ4v) is 3.77. The van der Waals surface area contributed by atoms with Crippen molar-refractivity contribution in [3.8, 4) is 22.8 Å². The molecule has 0 unspecified atom stereocenters. The Bertz CT molecular complexity index is 1500. The smallest absolute Gasteiger partial charge is 0.323 e. The minimum absolute atomic E-state index is 0.262. The third kappa shape index (κ3) is 4.09. The maximum Gasteiger partial charge on any atom is 0.323 e. The second kappa shape index (κ2) is 8.96. The molecule has 4 heterocycles. The van der Waals surface area contributed by atoms with Gasteiger partial charge in [-0.05, 0) is 18.2 Å². The van der Waals surface area contributed by atoms with Crippen LogP contribution in [0.3, 0.4) is 0 Å². The number of nitrogens with one attached hydrogen (secondary N) is 2. The molecule has 4 aromatic heterocycles. The SMILES string of the molecule is COc1ccccc1-c1c(NC(=O)Nc2cnc(-n3nccn3)c(Cl)c2)cnc2cc(Cl)nn12. The zero-order chi connectivity index (χ0) is 23.7. The summed E-state index contributed by atoms with van der Waals surface area (Å²) in [5, 5.41) is 18.3. The third-order valence-corrected chi connectivity index (χ3v) is 5.21.